The van der Waals surface area contributed by atoms with Crippen LogP contribution in [0.25, 0.3) is 0 Å². The Morgan fingerprint density at radius 2 is 2.25 bits per heavy atom. The van der Waals surface area contributed by atoms with Gasteiger partial charge in [0.15, 0.2) is 0 Å². The van der Waals surface area contributed by atoms with Gasteiger partial charge in [-0.05, 0) is 12.1 Å². The van der Waals surface area contributed by atoms with Crippen LogP contribution in [-0.2, 0) is 13.6 Å². The fourth-order valence-electron chi connectivity index (χ4n) is 1.70. The van der Waals surface area contributed by atoms with Crippen LogP contribution in [0.5, 0.6) is 5.75 Å². The maximum Gasteiger partial charge on any atom is 0.311 e. The number of aromatic hydroxyl groups is 1. The predicted octanol–water partition coefficient (Wildman–Crippen LogP) is 0.964. The third-order valence-corrected chi connectivity index (χ3v) is 2.81. The highest BCUT2D eigenvalue weighted by Crippen LogP contribution is 2.29. The van der Waals surface area contributed by atoms with Crippen LogP contribution < -0.4 is 5.32 Å². The summed E-state index contributed by atoms with van der Waals surface area (Å²) in [5.74, 6) is -1.23. The standard InChI is InChI=1S/C12H12N4O4/c1-15-8(5-6-14-15)7-13-12(18)9-3-2-4-10(11(9)17)16(19)20/h2-6,17H,7H2,1H3,(H,13,18). The zero-order valence-electron chi connectivity index (χ0n) is 10.6. The zero-order chi connectivity index (χ0) is 14.7. The highest BCUT2D eigenvalue weighted by atomic mass is 16.6. The van der Waals surface area contributed by atoms with Gasteiger partial charge in [-0.3, -0.25) is 19.6 Å². The van der Waals surface area contributed by atoms with Gasteiger partial charge in [-0.15, -0.1) is 0 Å². The molecule has 104 valence electrons. The molecule has 0 spiro atoms. The Labute approximate surface area is 113 Å². The second-order valence-corrected chi connectivity index (χ2v) is 4.06. The van der Waals surface area contributed by atoms with Crippen molar-refractivity contribution in [2.75, 3.05) is 0 Å². The number of phenols is 1. The monoisotopic (exact) mass is 276 g/mol. The van der Waals surface area contributed by atoms with Crippen molar-refractivity contribution >= 4 is 11.6 Å². The van der Waals surface area contributed by atoms with Crippen LogP contribution in [0.2, 0.25) is 0 Å². The summed E-state index contributed by atoms with van der Waals surface area (Å²) >= 11 is 0. The van der Waals surface area contributed by atoms with E-state index in [1.165, 1.54) is 12.1 Å². The number of para-hydroxylation sites is 1. The number of hydrogen-bond donors (Lipinski definition) is 2. The summed E-state index contributed by atoms with van der Waals surface area (Å²) in [5.41, 5.74) is 0.128. The quantitative estimate of drug-likeness (QED) is 0.638. The molecule has 2 N–H and O–H groups in total. The van der Waals surface area contributed by atoms with E-state index in [-0.39, 0.29) is 12.1 Å². The maximum absolute atomic E-state index is 11.9. The second kappa shape index (κ2) is 5.39. The molecule has 8 nitrogen and oxygen atoms in total. The number of amides is 1. The Morgan fingerprint density at radius 1 is 1.50 bits per heavy atom. The molecule has 1 aromatic carbocycles. The van der Waals surface area contributed by atoms with E-state index in [1.807, 2.05) is 0 Å². The normalized spacial score (nSPS) is 10.2. The molecule has 0 fully saturated rings. The molecule has 2 aromatic rings. The number of nitrogens with zero attached hydrogens (tertiary/aromatic N) is 3. The molecule has 1 aromatic heterocycles. The molecule has 0 unspecified atom stereocenters. The number of aryl methyl sites for hydroxylation is 1. The van der Waals surface area contributed by atoms with Gasteiger partial charge in [0.05, 0.1) is 22.7 Å². The number of carbonyl (C=O) groups is 1. The minimum absolute atomic E-state index is 0.138. The number of carbonyl (C=O) groups excluding carboxylic acids is 1. The molecule has 0 saturated carbocycles. The number of benzene rings is 1. The number of nitro benzene ring substituents is 1. The molecule has 2 rings (SSSR count). The topological polar surface area (TPSA) is 110 Å². The summed E-state index contributed by atoms with van der Waals surface area (Å²) in [5, 5.41) is 26.9. The van der Waals surface area contributed by atoms with Crippen LogP contribution in [0.3, 0.4) is 0 Å². The number of rotatable bonds is 4. The molecule has 0 aliphatic carbocycles. The van der Waals surface area contributed by atoms with E-state index in [0.717, 1.165) is 11.8 Å². The van der Waals surface area contributed by atoms with E-state index in [2.05, 4.69) is 10.4 Å². The number of aromatic nitrogens is 2. The minimum atomic E-state index is -0.743. The third-order valence-electron chi connectivity index (χ3n) is 2.81. The van der Waals surface area contributed by atoms with Gasteiger partial charge in [0.1, 0.15) is 0 Å². The van der Waals surface area contributed by atoms with Gasteiger partial charge in [0, 0.05) is 19.3 Å². The minimum Gasteiger partial charge on any atom is -0.502 e. The van der Waals surface area contributed by atoms with Crippen molar-refractivity contribution in [2.45, 2.75) is 6.54 Å². The van der Waals surface area contributed by atoms with E-state index < -0.39 is 22.3 Å². The predicted molar refractivity (Wildman–Crippen MR) is 69.1 cm³/mol. The molecule has 0 saturated heterocycles. The van der Waals surface area contributed by atoms with E-state index in [0.29, 0.717) is 0 Å². The van der Waals surface area contributed by atoms with E-state index in [1.54, 1.807) is 24.0 Å². The van der Waals surface area contributed by atoms with Crippen LogP contribution in [0.4, 0.5) is 5.69 Å². The lowest BCUT2D eigenvalue weighted by Crippen LogP contribution is -2.24. The van der Waals surface area contributed by atoms with Crippen LogP contribution >= 0.6 is 0 Å². The Morgan fingerprint density at radius 3 is 2.85 bits per heavy atom. The first kappa shape index (κ1) is 13.5. The first-order valence-corrected chi connectivity index (χ1v) is 5.72. The second-order valence-electron chi connectivity index (χ2n) is 4.06. The van der Waals surface area contributed by atoms with Crippen molar-refractivity contribution < 1.29 is 14.8 Å². The largest absolute Gasteiger partial charge is 0.502 e. The molecule has 1 heterocycles. The smallest absolute Gasteiger partial charge is 0.311 e. The first-order valence-electron chi connectivity index (χ1n) is 5.72. The van der Waals surface area contributed by atoms with Crippen molar-refractivity contribution in [3.05, 3.63) is 51.8 Å². The lowest BCUT2D eigenvalue weighted by molar-refractivity contribution is -0.385. The molecular weight excluding hydrogens is 264 g/mol. The highest BCUT2D eigenvalue weighted by Gasteiger charge is 2.20. The van der Waals surface area contributed by atoms with Crippen molar-refractivity contribution in [3.63, 3.8) is 0 Å². The van der Waals surface area contributed by atoms with Crippen molar-refractivity contribution in [1.82, 2.24) is 15.1 Å². The molecule has 8 heteroatoms. The van der Waals surface area contributed by atoms with E-state index >= 15 is 0 Å². The first-order chi connectivity index (χ1) is 9.50. The maximum atomic E-state index is 11.9. The van der Waals surface area contributed by atoms with Crippen LogP contribution in [0, 0.1) is 10.1 Å². The Bertz CT molecular complexity index is 665. The third kappa shape index (κ3) is 2.58. The molecule has 0 radical (unpaired) electrons. The van der Waals surface area contributed by atoms with Gasteiger partial charge in [-0.1, -0.05) is 6.07 Å². The fourth-order valence-corrected chi connectivity index (χ4v) is 1.70. The summed E-state index contributed by atoms with van der Waals surface area (Å²) < 4.78 is 1.59. The lowest BCUT2D eigenvalue weighted by atomic mass is 10.1. The summed E-state index contributed by atoms with van der Waals surface area (Å²) in [6.45, 7) is 0.206. The Hall–Kier alpha value is -2.90. The zero-order valence-corrected chi connectivity index (χ0v) is 10.6. The Kier molecular flexibility index (Phi) is 3.65. The summed E-state index contributed by atoms with van der Waals surface area (Å²) in [6, 6.07) is 5.53. The van der Waals surface area contributed by atoms with Crippen LogP contribution in [-0.4, -0.2) is 25.7 Å². The van der Waals surface area contributed by atoms with Gasteiger partial charge in [0.25, 0.3) is 5.91 Å². The van der Waals surface area contributed by atoms with Crippen molar-refractivity contribution in [2.24, 2.45) is 7.05 Å². The average molecular weight is 276 g/mol. The molecular formula is C12H12N4O4. The van der Waals surface area contributed by atoms with E-state index in [9.17, 15) is 20.0 Å². The fraction of sp³-hybridized carbons (Fsp3) is 0.167. The van der Waals surface area contributed by atoms with Gasteiger partial charge in [-0.2, -0.15) is 5.10 Å². The van der Waals surface area contributed by atoms with Crippen LogP contribution in [0.1, 0.15) is 16.1 Å². The molecule has 0 aliphatic rings. The summed E-state index contributed by atoms with van der Waals surface area (Å²) in [7, 11) is 1.73. The lowest BCUT2D eigenvalue weighted by Gasteiger charge is -2.07. The van der Waals surface area contributed by atoms with Gasteiger partial charge < -0.3 is 10.4 Å². The molecule has 0 aliphatic heterocycles. The molecule has 0 atom stereocenters. The molecule has 20 heavy (non-hydrogen) atoms. The number of nitro groups is 1. The number of nitrogens with one attached hydrogen (secondary N) is 1. The highest BCUT2D eigenvalue weighted by molar-refractivity contribution is 5.97. The SMILES string of the molecule is Cn1nccc1CNC(=O)c1cccc([N+](=O)[O-])c1O. The van der Waals surface area contributed by atoms with Gasteiger partial charge in [0.2, 0.25) is 5.75 Å². The molecule has 0 bridgehead atoms. The summed E-state index contributed by atoms with van der Waals surface area (Å²) in [6.07, 6.45) is 1.59. The van der Waals surface area contributed by atoms with Gasteiger partial charge in [-0.25, -0.2) is 0 Å². The Balaban J connectivity index is 2.16. The summed E-state index contributed by atoms with van der Waals surface area (Å²) in [4.78, 5) is 21.9. The van der Waals surface area contributed by atoms with Crippen molar-refractivity contribution in [3.8, 4) is 5.75 Å². The number of hydrogen-bond acceptors (Lipinski definition) is 5. The van der Waals surface area contributed by atoms with Crippen LogP contribution in [0.15, 0.2) is 30.5 Å². The molecule has 1 amide bonds. The van der Waals surface area contributed by atoms with Crippen molar-refractivity contribution in [1.29, 1.82) is 0 Å². The van der Waals surface area contributed by atoms with E-state index in [4.69, 9.17) is 0 Å². The average Bonchev–Trinajstić information content (AvgIpc) is 2.81. The number of phenolic OH excluding ortho intramolecular Hbond substituents is 1. The van der Waals surface area contributed by atoms with Gasteiger partial charge >= 0.3 is 5.69 Å².